The molecule has 10 heteroatoms. The Morgan fingerprint density at radius 1 is 0.839 bits per heavy atom. The third kappa shape index (κ3) is 5.65. The molecule has 3 N–H and O–H groups in total. The second kappa shape index (κ2) is 9.37. The predicted molar refractivity (Wildman–Crippen MR) is 118 cm³/mol. The fraction of sp³-hybridized carbons (Fsp3) is 0.0952. The number of carbonyl (C=O) groups is 1. The van der Waals surface area contributed by atoms with Gasteiger partial charge in [-0.3, -0.25) is 14.7 Å². The van der Waals surface area contributed by atoms with Gasteiger partial charge in [-0.05, 0) is 72.8 Å². The van der Waals surface area contributed by atoms with E-state index in [-0.39, 0.29) is 16.1 Å². The van der Waals surface area contributed by atoms with Gasteiger partial charge in [0.25, 0.3) is 15.9 Å². The summed E-state index contributed by atoms with van der Waals surface area (Å²) in [4.78, 5) is 13.4. The Labute approximate surface area is 180 Å². The Morgan fingerprint density at radius 2 is 1.35 bits per heavy atom. The zero-order chi connectivity index (χ0) is 22.4. The largest absolute Gasteiger partial charge is 0.378 e. The Hall–Kier alpha value is -3.76. The highest BCUT2D eigenvalue weighted by molar-refractivity contribution is 7.92. The third-order valence-electron chi connectivity index (χ3n) is 4.29. The standard InChI is InChI=1S/C21H21N5O4S/c1-26(2)19-11-7-16(8-12-19)22-23-17-9-13-20(14-10-17)31(29,30)25-18-5-3-15(4-6-18)21(27)24-28/h3-14,25,28H,1-2H3,(H,24,27). The van der Waals surface area contributed by atoms with Crippen LogP contribution in [0.25, 0.3) is 0 Å². The minimum absolute atomic E-state index is 0.0546. The maximum absolute atomic E-state index is 12.6. The van der Waals surface area contributed by atoms with E-state index in [1.54, 1.807) is 12.1 Å². The number of amides is 1. The van der Waals surface area contributed by atoms with Crippen LogP contribution >= 0.6 is 0 Å². The van der Waals surface area contributed by atoms with Crippen LogP contribution < -0.4 is 15.1 Å². The lowest BCUT2D eigenvalue weighted by atomic mass is 10.2. The first-order valence-corrected chi connectivity index (χ1v) is 10.6. The second-order valence-corrected chi connectivity index (χ2v) is 8.41. The smallest absolute Gasteiger partial charge is 0.274 e. The first-order valence-electron chi connectivity index (χ1n) is 9.15. The molecular weight excluding hydrogens is 418 g/mol. The van der Waals surface area contributed by atoms with Gasteiger partial charge in [0.2, 0.25) is 0 Å². The van der Waals surface area contributed by atoms with Crippen molar-refractivity contribution in [1.29, 1.82) is 0 Å². The Morgan fingerprint density at radius 3 is 1.84 bits per heavy atom. The molecule has 3 rings (SSSR count). The minimum atomic E-state index is -3.83. The molecule has 0 heterocycles. The van der Waals surface area contributed by atoms with Gasteiger partial charge in [0.15, 0.2) is 0 Å². The molecule has 0 radical (unpaired) electrons. The molecule has 9 nitrogen and oxygen atoms in total. The zero-order valence-corrected chi connectivity index (χ0v) is 17.7. The van der Waals surface area contributed by atoms with Crippen LogP contribution in [-0.4, -0.2) is 33.6 Å². The average molecular weight is 439 g/mol. The van der Waals surface area contributed by atoms with E-state index in [2.05, 4.69) is 15.0 Å². The summed E-state index contributed by atoms with van der Waals surface area (Å²) >= 11 is 0. The van der Waals surface area contributed by atoms with Crippen LogP contribution in [0.1, 0.15) is 10.4 Å². The first kappa shape index (κ1) is 21.9. The Bertz CT molecular complexity index is 1170. The van der Waals surface area contributed by atoms with Gasteiger partial charge in [-0.15, -0.1) is 0 Å². The molecule has 1 amide bonds. The molecule has 3 aromatic rings. The van der Waals surface area contributed by atoms with Crippen LogP contribution in [0.15, 0.2) is 87.9 Å². The number of benzene rings is 3. The molecule has 0 aromatic heterocycles. The molecule has 0 bridgehead atoms. The number of anilines is 2. The van der Waals surface area contributed by atoms with Gasteiger partial charge in [0, 0.05) is 31.0 Å². The Kier molecular flexibility index (Phi) is 6.63. The maximum atomic E-state index is 12.6. The Balaban J connectivity index is 1.68. The van der Waals surface area contributed by atoms with E-state index in [9.17, 15) is 13.2 Å². The first-order chi connectivity index (χ1) is 14.8. The van der Waals surface area contributed by atoms with Gasteiger partial charge >= 0.3 is 0 Å². The number of nitrogens with zero attached hydrogens (tertiary/aromatic N) is 3. The van der Waals surface area contributed by atoms with Gasteiger partial charge in [-0.2, -0.15) is 10.2 Å². The van der Waals surface area contributed by atoms with Crippen LogP contribution in [0, 0.1) is 0 Å². The predicted octanol–water partition coefficient (Wildman–Crippen LogP) is 4.09. The SMILES string of the molecule is CN(C)c1ccc(N=Nc2ccc(S(=O)(=O)Nc3ccc(C(=O)NO)cc3)cc2)cc1. The van der Waals surface area contributed by atoms with Crippen LogP contribution in [0.4, 0.5) is 22.7 Å². The highest BCUT2D eigenvalue weighted by Crippen LogP contribution is 2.23. The molecule has 0 saturated carbocycles. The van der Waals surface area contributed by atoms with E-state index in [0.29, 0.717) is 11.4 Å². The number of nitrogens with one attached hydrogen (secondary N) is 2. The molecular formula is C21H21N5O4S. The highest BCUT2D eigenvalue weighted by Gasteiger charge is 2.14. The summed E-state index contributed by atoms with van der Waals surface area (Å²) < 4.78 is 27.6. The van der Waals surface area contributed by atoms with E-state index in [1.165, 1.54) is 41.9 Å². The topological polar surface area (TPSA) is 123 Å². The molecule has 160 valence electrons. The number of carbonyl (C=O) groups excluding carboxylic acids is 1. The van der Waals surface area contributed by atoms with Gasteiger partial charge in [0.05, 0.1) is 16.3 Å². The van der Waals surface area contributed by atoms with Gasteiger partial charge in [-0.25, -0.2) is 13.9 Å². The lowest BCUT2D eigenvalue weighted by Crippen LogP contribution is -2.18. The summed E-state index contributed by atoms with van der Waals surface area (Å²) in [5.74, 6) is -0.687. The van der Waals surface area contributed by atoms with E-state index < -0.39 is 15.9 Å². The van der Waals surface area contributed by atoms with Crippen molar-refractivity contribution in [2.45, 2.75) is 4.90 Å². The molecule has 0 fully saturated rings. The van der Waals surface area contributed by atoms with Crippen molar-refractivity contribution >= 4 is 38.7 Å². The van der Waals surface area contributed by atoms with E-state index in [1.807, 2.05) is 43.3 Å². The van der Waals surface area contributed by atoms with Crippen LogP contribution in [-0.2, 0) is 10.0 Å². The summed E-state index contributed by atoms with van der Waals surface area (Å²) in [7, 11) is 0.0746. The van der Waals surface area contributed by atoms with Crippen molar-refractivity contribution < 1.29 is 18.4 Å². The molecule has 0 atom stereocenters. The molecule has 3 aromatic carbocycles. The summed E-state index contributed by atoms with van der Waals surface area (Å²) in [6.45, 7) is 0. The lowest BCUT2D eigenvalue weighted by Gasteiger charge is -2.11. The minimum Gasteiger partial charge on any atom is -0.378 e. The van der Waals surface area contributed by atoms with Gasteiger partial charge in [0.1, 0.15) is 0 Å². The van der Waals surface area contributed by atoms with Crippen molar-refractivity contribution in [2.24, 2.45) is 10.2 Å². The maximum Gasteiger partial charge on any atom is 0.274 e. The highest BCUT2D eigenvalue weighted by atomic mass is 32.2. The molecule has 0 unspecified atom stereocenters. The molecule has 0 saturated heterocycles. The second-order valence-electron chi connectivity index (χ2n) is 6.73. The number of hydrogen-bond acceptors (Lipinski definition) is 7. The number of azo groups is 1. The number of hydrogen-bond donors (Lipinski definition) is 3. The molecule has 31 heavy (non-hydrogen) atoms. The average Bonchev–Trinajstić information content (AvgIpc) is 2.78. The van der Waals surface area contributed by atoms with Crippen molar-refractivity contribution in [3.63, 3.8) is 0 Å². The fourth-order valence-electron chi connectivity index (χ4n) is 2.59. The number of sulfonamides is 1. The van der Waals surface area contributed by atoms with Gasteiger partial charge in [-0.1, -0.05) is 0 Å². The third-order valence-corrected chi connectivity index (χ3v) is 5.69. The van der Waals surface area contributed by atoms with E-state index in [0.717, 1.165) is 5.69 Å². The summed E-state index contributed by atoms with van der Waals surface area (Å²) in [6, 6.07) is 19.1. The van der Waals surface area contributed by atoms with E-state index in [4.69, 9.17) is 5.21 Å². The van der Waals surface area contributed by atoms with E-state index >= 15 is 0 Å². The molecule has 0 aliphatic carbocycles. The monoisotopic (exact) mass is 439 g/mol. The zero-order valence-electron chi connectivity index (χ0n) is 16.9. The summed E-state index contributed by atoms with van der Waals surface area (Å²) in [5, 5.41) is 16.9. The summed E-state index contributed by atoms with van der Waals surface area (Å²) in [6.07, 6.45) is 0. The fourth-order valence-corrected chi connectivity index (χ4v) is 3.65. The summed E-state index contributed by atoms with van der Waals surface area (Å²) in [5.41, 5.74) is 4.22. The van der Waals surface area contributed by atoms with Crippen LogP contribution in [0.3, 0.4) is 0 Å². The van der Waals surface area contributed by atoms with Crippen molar-refractivity contribution in [2.75, 3.05) is 23.7 Å². The normalized spacial score (nSPS) is 11.3. The molecule has 0 aliphatic rings. The van der Waals surface area contributed by atoms with Crippen LogP contribution in [0.5, 0.6) is 0 Å². The van der Waals surface area contributed by atoms with Crippen molar-refractivity contribution in [3.8, 4) is 0 Å². The quantitative estimate of drug-likeness (QED) is 0.291. The van der Waals surface area contributed by atoms with Gasteiger partial charge < -0.3 is 4.90 Å². The number of rotatable bonds is 7. The molecule has 0 spiro atoms. The van der Waals surface area contributed by atoms with Crippen LogP contribution in [0.2, 0.25) is 0 Å². The lowest BCUT2D eigenvalue weighted by molar-refractivity contribution is 0.0706. The van der Waals surface area contributed by atoms with Crippen molar-refractivity contribution in [3.05, 3.63) is 78.4 Å². The molecule has 0 aliphatic heterocycles. The van der Waals surface area contributed by atoms with Crippen molar-refractivity contribution in [1.82, 2.24) is 5.48 Å². The number of hydroxylamine groups is 1.